The van der Waals surface area contributed by atoms with E-state index >= 15 is 0 Å². The molecule has 4 unspecified atom stereocenters. The van der Waals surface area contributed by atoms with Crippen molar-refractivity contribution in [1.29, 1.82) is 0 Å². The minimum Gasteiger partial charge on any atom is -0.504 e. The van der Waals surface area contributed by atoms with E-state index < -0.39 is 6.04 Å². The van der Waals surface area contributed by atoms with Gasteiger partial charge in [-0.25, -0.2) is 10.9 Å². The first-order chi connectivity index (χ1) is 16.5. The number of carbonyl (C=O) groups is 1. The molecule has 4 atom stereocenters. The number of fused-ring (bicyclic) bond motifs is 1. The third-order valence-electron chi connectivity index (χ3n) is 6.51. The molecular formula is C26H26BrN3O4. The number of hydrogen-bond donors (Lipinski definition) is 3. The van der Waals surface area contributed by atoms with E-state index in [0.717, 1.165) is 27.0 Å². The minimum atomic E-state index is -0.412. The van der Waals surface area contributed by atoms with Crippen LogP contribution in [0, 0.1) is 5.92 Å². The number of hydrazine groups is 1. The van der Waals surface area contributed by atoms with Gasteiger partial charge in [-0.15, -0.1) is 0 Å². The largest absolute Gasteiger partial charge is 0.504 e. The van der Waals surface area contributed by atoms with E-state index in [0.29, 0.717) is 12.4 Å². The molecule has 0 aromatic heterocycles. The Balaban J connectivity index is 1.60. The number of anilines is 1. The van der Waals surface area contributed by atoms with Gasteiger partial charge in [0, 0.05) is 16.1 Å². The number of ether oxygens (including phenoxy) is 2. The van der Waals surface area contributed by atoms with E-state index in [2.05, 4.69) is 26.8 Å². The van der Waals surface area contributed by atoms with Crippen LogP contribution in [0.3, 0.4) is 0 Å². The minimum absolute atomic E-state index is 0.00898. The Morgan fingerprint density at radius 2 is 1.65 bits per heavy atom. The van der Waals surface area contributed by atoms with Gasteiger partial charge in [0.1, 0.15) is 11.8 Å². The van der Waals surface area contributed by atoms with Crippen LogP contribution in [0.5, 0.6) is 17.2 Å². The maximum absolute atomic E-state index is 13.7. The number of nitrogens with zero attached hydrogens (tertiary/aromatic N) is 1. The Labute approximate surface area is 206 Å². The summed E-state index contributed by atoms with van der Waals surface area (Å²) in [5.41, 5.74) is 9.36. The molecule has 34 heavy (non-hydrogen) atoms. The zero-order valence-electron chi connectivity index (χ0n) is 18.9. The summed E-state index contributed by atoms with van der Waals surface area (Å²) in [6, 6.07) is 20.2. The van der Waals surface area contributed by atoms with Gasteiger partial charge in [-0.2, -0.15) is 0 Å². The summed E-state index contributed by atoms with van der Waals surface area (Å²) < 4.78 is 11.9. The summed E-state index contributed by atoms with van der Waals surface area (Å²) >= 11 is 3.48. The molecule has 7 nitrogen and oxygen atoms in total. The van der Waals surface area contributed by atoms with Crippen LogP contribution < -0.4 is 25.2 Å². The SMILES string of the molecule is CCOc1ccc(C2NNC3C(=O)N(c4ccc(Br)cc4)C(c4ccc(O)c(OC)c4)C32)cc1. The van der Waals surface area contributed by atoms with Crippen LogP contribution in [0.15, 0.2) is 71.2 Å². The molecule has 2 saturated heterocycles. The summed E-state index contributed by atoms with van der Waals surface area (Å²) in [6.45, 7) is 2.56. The molecule has 5 rings (SSSR count). The lowest BCUT2D eigenvalue weighted by Crippen LogP contribution is -2.41. The lowest BCUT2D eigenvalue weighted by atomic mass is 9.83. The normalized spacial score (nSPS) is 23.7. The fourth-order valence-electron chi connectivity index (χ4n) is 5.00. The lowest BCUT2D eigenvalue weighted by molar-refractivity contribution is -0.119. The standard InChI is InChI=1S/C26H26BrN3O4/c1-3-34-19-11-4-15(5-12-19)23-22-24(29-28-23)26(32)30(18-9-7-17(27)8-10-18)25(22)16-6-13-20(31)21(14-16)33-2/h4-14,22-25,28-29,31H,3H2,1-2H3. The van der Waals surface area contributed by atoms with Crippen LogP contribution >= 0.6 is 15.9 Å². The molecule has 3 aromatic rings. The lowest BCUT2D eigenvalue weighted by Gasteiger charge is -2.31. The number of methoxy groups -OCH3 is 1. The summed E-state index contributed by atoms with van der Waals surface area (Å²) in [5.74, 6) is 1.13. The number of phenolic OH excluding ortho intramolecular Hbond substituents is 1. The number of nitrogens with one attached hydrogen (secondary N) is 2. The highest BCUT2D eigenvalue weighted by molar-refractivity contribution is 9.10. The first-order valence-electron chi connectivity index (χ1n) is 11.2. The molecule has 0 saturated carbocycles. The second-order valence-electron chi connectivity index (χ2n) is 8.38. The van der Waals surface area contributed by atoms with Crippen molar-refractivity contribution in [2.75, 3.05) is 18.6 Å². The Morgan fingerprint density at radius 1 is 0.971 bits per heavy atom. The van der Waals surface area contributed by atoms with Gasteiger partial charge >= 0.3 is 0 Å². The maximum atomic E-state index is 13.7. The quantitative estimate of drug-likeness (QED) is 0.441. The Kier molecular flexibility index (Phi) is 6.20. The molecule has 2 heterocycles. The van der Waals surface area contributed by atoms with E-state index in [9.17, 15) is 9.90 Å². The molecule has 0 spiro atoms. The smallest absolute Gasteiger partial charge is 0.246 e. The van der Waals surface area contributed by atoms with Crippen molar-refractivity contribution in [2.24, 2.45) is 5.92 Å². The summed E-state index contributed by atoms with van der Waals surface area (Å²) in [5, 5.41) is 10.2. The van der Waals surface area contributed by atoms with Gasteiger partial charge in [0.15, 0.2) is 11.5 Å². The molecule has 0 radical (unpaired) electrons. The van der Waals surface area contributed by atoms with Crippen molar-refractivity contribution in [1.82, 2.24) is 10.9 Å². The van der Waals surface area contributed by atoms with E-state index in [1.54, 1.807) is 6.07 Å². The highest BCUT2D eigenvalue weighted by Crippen LogP contribution is 2.50. The molecule has 2 fully saturated rings. The zero-order chi connectivity index (χ0) is 23.8. The van der Waals surface area contributed by atoms with Crippen LogP contribution in [0.1, 0.15) is 30.1 Å². The number of phenols is 1. The highest BCUT2D eigenvalue weighted by Gasteiger charge is 2.56. The van der Waals surface area contributed by atoms with Crippen LogP contribution in [0.2, 0.25) is 0 Å². The first-order valence-corrected chi connectivity index (χ1v) is 12.0. The summed E-state index contributed by atoms with van der Waals surface area (Å²) in [4.78, 5) is 15.6. The molecule has 1 amide bonds. The Bertz CT molecular complexity index is 1190. The van der Waals surface area contributed by atoms with Gasteiger partial charge in [0.05, 0.1) is 25.8 Å². The van der Waals surface area contributed by atoms with Crippen molar-refractivity contribution >= 4 is 27.5 Å². The second kappa shape index (κ2) is 9.29. The Hall–Kier alpha value is -3.07. The van der Waals surface area contributed by atoms with E-state index in [4.69, 9.17) is 9.47 Å². The molecule has 2 aliphatic rings. The fourth-order valence-corrected chi connectivity index (χ4v) is 5.26. The van der Waals surface area contributed by atoms with Gasteiger partial charge in [0.25, 0.3) is 0 Å². The number of aromatic hydroxyl groups is 1. The van der Waals surface area contributed by atoms with Gasteiger partial charge in [-0.1, -0.05) is 34.1 Å². The highest BCUT2D eigenvalue weighted by atomic mass is 79.9. The summed E-state index contributed by atoms with van der Waals surface area (Å²) in [6.07, 6.45) is 0. The molecule has 0 bridgehead atoms. The molecule has 3 aromatic carbocycles. The number of benzene rings is 3. The molecule has 8 heteroatoms. The third-order valence-corrected chi connectivity index (χ3v) is 7.04. The number of halogens is 1. The average Bonchev–Trinajstić information content (AvgIpc) is 3.40. The number of hydrogen-bond acceptors (Lipinski definition) is 6. The van der Waals surface area contributed by atoms with Gasteiger partial charge in [-0.05, 0) is 66.6 Å². The fraction of sp³-hybridized carbons (Fsp3) is 0.269. The molecule has 2 aliphatic heterocycles. The van der Waals surface area contributed by atoms with E-state index in [-0.39, 0.29) is 29.7 Å². The van der Waals surface area contributed by atoms with Gasteiger partial charge in [0.2, 0.25) is 5.91 Å². The Morgan fingerprint density at radius 3 is 2.32 bits per heavy atom. The van der Waals surface area contributed by atoms with Gasteiger partial charge in [-0.3, -0.25) is 4.79 Å². The maximum Gasteiger partial charge on any atom is 0.246 e. The zero-order valence-corrected chi connectivity index (χ0v) is 20.5. The van der Waals surface area contributed by atoms with Crippen molar-refractivity contribution in [3.63, 3.8) is 0 Å². The van der Waals surface area contributed by atoms with Crippen LogP contribution in [-0.4, -0.2) is 30.8 Å². The average molecular weight is 524 g/mol. The molecule has 3 N–H and O–H groups in total. The van der Waals surface area contributed by atoms with Crippen molar-refractivity contribution < 1.29 is 19.4 Å². The van der Waals surface area contributed by atoms with Gasteiger partial charge < -0.3 is 19.5 Å². The number of carbonyl (C=O) groups excluding carboxylic acids is 1. The van der Waals surface area contributed by atoms with E-state index in [1.165, 1.54) is 7.11 Å². The molecule has 176 valence electrons. The monoisotopic (exact) mass is 523 g/mol. The third kappa shape index (κ3) is 3.91. The predicted octanol–water partition coefficient (Wildman–Crippen LogP) is 4.48. The summed E-state index contributed by atoms with van der Waals surface area (Å²) in [7, 11) is 1.52. The number of rotatable bonds is 6. The number of amides is 1. The predicted molar refractivity (Wildman–Crippen MR) is 133 cm³/mol. The second-order valence-corrected chi connectivity index (χ2v) is 9.30. The van der Waals surface area contributed by atoms with Crippen molar-refractivity contribution in [3.05, 3.63) is 82.3 Å². The molecular weight excluding hydrogens is 498 g/mol. The van der Waals surface area contributed by atoms with Crippen LogP contribution in [0.4, 0.5) is 5.69 Å². The van der Waals surface area contributed by atoms with Crippen molar-refractivity contribution in [2.45, 2.75) is 25.0 Å². The molecule has 0 aliphatic carbocycles. The van der Waals surface area contributed by atoms with Crippen molar-refractivity contribution in [3.8, 4) is 17.2 Å². The first kappa shape index (κ1) is 22.7. The van der Waals surface area contributed by atoms with Crippen LogP contribution in [0.25, 0.3) is 0 Å². The topological polar surface area (TPSA) is 83.1 Å². The van der Waals surface area contributed by atoms with E-state index in [1.807, 2.05) is 72.5 Å². The van der Waals surface area contributed by atoms with Crippen LogP contribution in [-0.2, 0) is 4.79 Å².